The Morgan fingerprint density at radius 2 is 2.20 bits per heavy atom. The average molecular weight is 205 g/mol. The normalized spacial score (nSPS) is 10.5. The highest BCUT2D eigenvalue weighted by Crippen LogP contribution is 2.24. The SMILES string of the molecule is CCNc1ccc2c(O)cc(=O)oc2c1. The van der Waals surface area contributed by atoms with Crippen molar-refractivity contribution in [2.24, 2.45) is 0 Å². The monoisotopic (exact) mass is 205 g/mol. The summed E-state index contributed by atoms with van der Waals surface area (Å²) in [5, 5.41) is 13.1. The minimum absolute atomic E-state index is 0.0516. The van der Waals surface area contributed by atoms with Gasteiger partial charge in [0.25, 0.3) is 0 Å². The van der Waals surface area contributed by atoms with E-state index in [0.29, 0.717) is 11.0 Å². The number of nitrogens with one attached hydrogen (secondary N) is 1. The Morgan fingerprint density at radius 3 is 2.93 bits per heavy atom. The molecule has 4 nitrogen and oxygen atoms in total. The zero-order valence-corrected chi connectivity index (χ0v) is 8.28. The summed E-state index contributed by atoms with van der Waals surface area (Å²) in [6, 6.07) is 6.30. The molecule has 15 heavy (non-hydrogen) atoms. The van der Waals surface area contributed by atoms with E-state index >= 15 is 0 Å². The van der Waals surface area contributed by atoms with Crippen LogP contribution < -0.4 is 10.9 Å². The summed E-state index contributed by atoms with van der Waals surface area (Å²) in [5.41, 5.74) is 0.700. The zero-order valence-electron chi connectivity index (χ0n) is 8.28. The number of fused-ring (bicyclic) bond motifs is 1. The minimum Gasteiger partial charge on any atom is -0.507 e. The molecule has 1 heterocycles. The van der Waals surface area contributed by atoms with Gasteiger partial charge in [-0.2, -0.15) is 0 Å². The molecule has 0 bridgehead atoms. The van der Waals surface area contributed by atoms with Crippen molar-refractivity contribution in [1.82, 2.24) is 0 Å². The van der Waals surface area contributed by atoms with E-state index in [4.69, 9.17) is 4.42 Å². The van der Waals surface area contributed by atoms with Crippen molar-refractivity contribution < 1.29 is 9.52 Å². The molecule has 2 N–H and O–H groups in total. The summed E-state index contributed by atoms with van der Waals surface area (Å²) in [6.07, 6.45) is 0. The van der Waals surface area contributed by atoms with Crippen molar-refractivity contribution in [1.29, 1.82) is 0 Å². The number of rotatable bonds is 2. The molecule has 0 aliphatic carbocycles. The average Bonchev–Trinajstić information content (AvgIpc) is 2.17. The van der Waals surface area contributed by atoms with Crippen LogP contribution in [0.4, 0.5) is 5.69 Å². The second-order valence-electron chi connectivity index (χ2n) is 3.19. The first kappa shape index (κ1) is 9.58. The van der Waals surface area contributed by atoms with Gasteiger partial charge in [0, 0.05) is 18.3 Å². The van der Waals surface area contributed by atoms with Gasteiger partial charge in [0.2, 0.25) is 0 Å². The molecule has 1 aromatic heterocycles. The van der Waals surface area contributed by atoms with E-state index in [9.17, 15) is 9.90 Å². The van der Waals surface area contributed by atoms with Gasteiger partial charge in [-0.25, -0.2) is 4.79 Å². The van der Waals surface area contributed by atoms with Crippen LogP contribution in [0.1, 0.15) is 6.92 Å². The van der Waals surface area contributed by atoms with Gasteiger partial charge in [0.15, 0.2) is 0 Å². The Morgan fingerprint density at radius 1 is 1.40 bits per heavy atom. The molecule has 0 spiro atoms. The van der Waals surface area contributed by atoms with Crippen LogP contribution in [-0.2, 0) is 0 Å². The summed E-state index contributed by atoms with van der Waals surface area (Å²) >= 11 is 0. The third-order valence-electron chi connectivity index (χ3n) is 2.10. The first-order valence-electron chi connectivity index (χ1n) is 4.71. The summed E-state index contributed by atoms with van der Waals surface area (Å²) in [6.45, 7) is 2.76. The smallest absolute Gasteiger partial charge is 0.339 e. The van der Waals surface area contributed by atoms with Crippen LogP contribution in [0.2, 0.25) is 0 Å². The predicted molar refractivity (Wildman–Crippen MR) is 58.3 cm³/mol. The fourth-order valence-electron chi connectivity index (χ4n) is 1.46. The van der Waals surface area contributed by atoms with Gasteiger partial charge in [0.05, 0.1) is 11.5 Å². The van der Waals surface area contributed by atoms with Gasteiger partial charge >= 0.3 is 5.63 Å². The molecule has 0 radical (unpaired) electrons. The van der Waals surface area contributed by atoms with Crippen molar-refractivity contribution in [3.8, 4) is 5.75 Å². The van der Waals surface area contributed by atoms with E-state index in [0.717, 1.165) is 18.3 Å². The molecule has 0 saturated heterocycles. The molecule has 2 rings (SSSR count). The Bertz CT molecular complexity index is 545. The second kappa shape index (κ2) is 3.65. The van der Waals surface area contributed by atoms with Crippen LogP contribution in [0.5, 0.6) is 5.75 Å². The molecule has 0 saturated carbocycles. The van der Waals surface area contributed by atoms with Gasteiger partial charge in [0.1, 0.15) is 11.3 Å². The molecule has 0 aliphatic rings. The van der Waals surface area contributed by atoms with Crippen molar-refractivity contribution >= 4 is 16.7 Å². The molecular formula is C11H11NO3. The van der Waals surface area contributed by atoms with Gasteiger partial charge < -0.3 is 14.8 Å². The molecular weight excluding hydrogens is 194 g/mol. The molecule has 0 aliphatic heterocycles. The summed E-state index contributed by atoms with van der Waals surface area (Å²) in [7, 11) is 0. The lowest BCUT2D eigenvalue weighted by Crippen LogP contribution is -1.98. The van der Waals surface area contributed by atoms with E-state index in [1.165, 1.54) is 0 Å². The largest absolute Gasteiger partial charge is 0.507 e. The summed E-state index contributed by atoms with van der Waals surface area (Å²) in [4.78, 5) is 11.0. The molecule has 0 atom stereocenters. The molecule has 0 unspecified atom stereocenters. The topological polar surface area (TPSA) is 62.5 Å². The van der Waals surface area contributed by atoms with Crippen molar-refractivity contribution in [2.45, 2.75) is 6.92 Å². The number of hydrogen-bond acceptors (Lipinski definition) is 4. The standard InChI is InChI=1S/C11H11NO3/c1-2-12-7-3-4-8-9(13)6-11(14)15-10(8)5-7/h3-6,12-13H,2H2,1H3. The van der Waals surface area contributed by atoms with Gasteiger partial charge in [-0.05, 0) is 19.1 Å². The number of benzene rings is 1. The van der Waals surface area contributed by atoms with Crippen LogP contribution in [0.25, 0.3) is 11.0 Å². The fourth-order valence-corrected chi connectivity index (χ4v) is 1.46. The maximum Gasteiger partial charge on any atom is 0.339 e. The van der Waals surface area contributed by atoms with E-state index in [1.54, 1.807) is 12.1 Å². The van der Waals surface area contributed by atoms with E-state index < -0.39 is 5.63 Å². The lowest BCUT2D eigenvalue weighted by molar-refractivity contribution is 0.468. The molecule has 0 amide bonds. The third-order valence-corrected chi connectivity index (χ3v) is 2.10. The van der Waals surface area contributed by atoms with Crippen molar-refractivity contribution in [3.63, 3.8) is 0 Å². The highest BCUT2D eigenvalue weighted by Gasteiger charge is 2.04. The number of hydrogen-bond donors (Lipinski definition) is 2. The van der Waals surface area contributed by atoms with Crippen LogP contribution in [-0.4, -0.2) is 11.7 Å². The third kappa shape index (κ3) is 1.79. The van der Waals surface area contributed by atoms with Crippen molar-refractivity contribution in [3.05, 3.63) is 34.7 Å². The molecule has 2 aromatic rings. The Labute approximate surface area is 86.2 Å². The summed E-state index contributed by atoms with van der Waals surface area (Å²) in [5.74, 6) is -0.0516. The Kier molecular flexibility index (Phi) is 2.33. The maximum absolute atomic E-state index is 11.0. The van der Waals surface area contributed by atoms with Gasteiger partial charge in [-0.3, -0.25) is 0 Å². The van der Waals surface area contributed by atoms with Gasteiger partial charge in [-0.15, -0.1) is 0 Å². The molecule has 4 heteroatoms. The second-order valence-corrected chi connectivity index (χ2v) is 3.19. The van der Waals surface area contributed by atoms with Gasteiger partial charge in [-0.1, -0.05) is 0 Å². The van der Waals surface area contributed by atoms with E-state index in [-0.39, 0.29) is 5.75 Å². The molecule has 0 fully saturated rings. The fraction of sp³-hybridized carbons (Fsp3) is 0.182. The quantitative estimate of drug-likeness (QED) is 0.735. The minimum atomic E-state index is -0.548. The van der Waals surface area contributed by atoms with Crippen molar-refractivity contribution in [2.75, 3.05) is 11.9 Å². The predicted octanol–water partition coefficient (Wildman–Crippen LogP) is 1.93. The van der Waals surface area contributed by atoms with E-state index in [1.807, 2.05) is 13.0 Å². The first-order chi connectivity index (χ1) is 7.20. The Hall–Kier alpha value is -1.97. The first-order valence-corrected chi connectivity index (χ1v) is 4.71. The maximum atomic E-state index is 11.0. The number of aromatic hydroxyl groups is 1. The van der Waals surface area contributed by atoms with Crippen LogP contribution in [0, 0.1) is 0 Å². The highest BCUT2D eigenvalue weighted by molar-refractivity contribution is 5.85. The van der Waals surface area contributed by atoms with Crippen LogP contribution in [0.15, 0.2) is 33.5 Å². The van der Waals surface area contributed by atoms with E-state index in [2.05, 4.69) is 5.32 Å². The van der Waals surface area contributed by atoms with Crippen LogP contribution >= 0.6 is 0 Å². The molecule has 78 valence electrons. The highest BCUT2D eigenvalue weighted by atomic mass is 16.4. The lowest BCUT2D eigenvalue weighted by atomic mass is 10.2. The summed E-state index contributed by atoms with van der Waals surface area (Å²) < 4.78 is 4.97. The zero-order chi connectivity index (χ0) is 10.8. The van der Waals surface area contributed by atoms with Crippen LogP contribution in [0.3, 0.4) is 0 Å². The molecule has 1 aromatic carbocycles. The number of anilines is 1. The lowest BCUT2D eigenvalue weighted by Gasteiger charge is -2.04. The Balaban J connectivity index is 2.65.